The summed E-state index contributed by atoms with van der Waals surface area (Å²) < 4.78 is 24.6. The molecule has 0 saturated carbocycles. The number of rotatable bonds is 6. The van der Waals surface area contributed by atoms with Crippen molar-refractivity contribution >= 4 is 8.32 Å². The van der Waals surface area contributed by atoms with Crippen LogP contribution in [0.15, 0.2) is 46.2 Å². The molecule has 3 heterocycles. The maximum atomic E-state index is 12.6. The summed E-state index contributed by atoms with van der Waals surface area (Å²) in [4.78, 5) is 26.8. The van der Waals surface area contributed by atoms with Crippen LogP contribution < -0.4 is 11.2 Å². The van der Waals surface area contributed by atoms with Gasteiger partial charge in [0.15, 0.2) is 8.32 Å². The highest BCUT2D eigenvalue weighted by molar-refractivity contribution is 6.74. The molecule has 1 aliphatic rings. The van der Waals surface area contributed by atoms with E-state index in [4.69, 9.17) is 10.5 Å². The van der Waals surface area contributed by atoms with Gasteiger partial charge in [0.05, 0.1) is 20.2 Å². The lowest BCUT2D eigenvalue weighted by molar-refractivity contribution is -0.0298. The SMILES string of the molecule is [2H]c1c(-c2ccc(C)cc2)nnn1[C@H]1C[C@H](n2cc(C)c(=O)[nH]c2=O)O[C@@H]1CO[Si](C)(C)C(C)(C)C. The third-order valence-electron chi connectivity index (χ3n) is 7.18. The Morgan fingerprint density at radius 3 is 2.57 bits per heavy atom. The van der Waals surface area contributed by atoms with Crippen LogP contribution in [0.3, 0.4) is 0 Å². The lowest BCUT2D eigenvalue weighted by Crippen LogP contribution is -2.43. The van der Waals surface area contributed by atoms with Crippen molar-refractivity contribution in [1.29, 1.82) is 0 Å². The van der Waals surface area contributed by atoms with E-state index in [1.807, 2.05) is 31.2 Å². The molecule has 0 unspecified atom stereocenters. The Balaban J connectivity index is 1.69. The van der Waals surface area contributed by atoms with Gasteiger partial charge in [-0.05, 0) is 32.0 Å². The molecule has 1 saturated heterocycles. The number of nitrogens with one attached hydrogen (secondary N) is 1. The van der Waals surface area contributed by atoms with Gasteiger partial charge < -0.3 is 9.16 Å². The molecule has 10 heteroatoms. The molecule has 3 atom stereocenters. The average Bonchev–Trinajstić information content (AvgIpc) is 3.38. The second kappa shape index (κ2) is 9.33. The minimum absolute atomic E-state index is 0.0138. The van der Waals surface area contributed by atoms with Gasteiger partial charge in [0.2, 0.25) is 0 Å². The van der Waals surface area contributed by atoms with Gasteiger partial charge in [0.1, 0.15) is 18.0 Å². The lowest BCUT2D eigenvalue weighted by atomic mass is 10.1. The van der Waals surface area contributed by atoms with Crippen LogP contribution in [-0.4, -0.2) is 45.6 Å². The summed E-state index contributed by atoms with van der Waals surface area (Å²) in [6, 6.07) is 7.43. The quantitative estimate of drug-likeness (QED) is 0.516. The van der Waals surface area contributed by atoms with Gasteiger partial charge in [0.25, 0.3) is 5.56 Å². The lowest BCUT2D eigenvalue weighted by Gasteiger charge is -2.37. The number of aromatic amines is 1. The second-order valence-corrected chi connectivity index (χ2v) is 15.7. The van der Waals surface area contributed by atoms with E-state index < -0.39 is 31.9 Å². The summed E-state index contributed by atoms with van der Waals surface area (Å²) in [5.41, 5.74) is 1.88. The van der Waals surface area contributed by atoms with E-state index in [2.05, 4.69) is 49.2 Å². The number of hydrogen-bond donors (Lipinski definition) is 1. The van der Waals surface area contributed by atoms with Gasteiger partial charge >= 0.3 is 5.69 Å². The van der Waals surface area contributed by atoms with Gasteiger partial charge in [-0.2, -0.15) is 0 Å². The van der Waals surface area contributed by atoms with E-state index in [1.54, 1.807) is 11.6 Å². The first kappa shape index (κ1) is 23.9. The van der Waals surface area contributed by atoms with Crippen molar-refractivity contribution in [3.05, 3.63) is 68.6 Å². The Hall–Kier alpha value is -2.82. The van der Waals surface area contributed by atoms with Crippen molar-refractivity contribution in [3.8, 4) is 11.3 Å². The van der Waals surface area contributed by atoms with Crippen LogP contribution in [0, 0.1) is 13.8 Å². The summed E-state index contributed by atoms with van der Waals surface area (Å²) in [6.07, 6.45) is 0.966. The average molecular weight is 499 g/mol. The van der Waals surface area contributed by atoms with Crippen LogP contribution in [0.2, 0.25) is 18.1 Å². The molecule has 2 aromatic heterocycles. The Morgan fingerprint density at radius 1 is 1.23 bits per heavy atom. The Morgan fingerprint density at radius 2 is 1.91 bits per heavy atom. The molecule has 1 N–H and O–H groups in total. The molecule has 3 aromatic rings. The molecule has 9 nitrogen and oxygen atoms in total. The molecule has 188 valence electrons. The van der Waals surface area contributed by atoms with Gasteiger partial charge in [-0.3, -0.25) is 14.3 Å². The third-order valence-corrected chi connectivity index (χ3v) is 11.7. The molecule has 0 amide bonds. The monoisotopic (exact) mass is 498 g/mol. The molecular formula is C25H35N5O4Si. The molecule has 1 aromatic carbocycles. The largest absolute Gasteiger partial charge is 0.414 e. The van der Waals surface area contributed by atoms with E-state index in [9.17, 15) is 9.59 Å². The Labute approximate surface area is 207 Å². The first-order valence-electron chi connectivity index (χ1n) is 12.4. The third kappa shape index (κ3) is 5.24. The summed E-state index contributed by atoms with van der Waals surface area (Å²) in [6.45, 7) is 14.8. The molecule has 0 spiro atoms. The normalized spacial score (nSPS) is 21.3. The highest BCUT2D eigenvalue weighted by Gasteiger charge is 2.42. The smallest absolute Gasteiger partial charge is 0.330 e. The molecular weight excluding hydrogens is 462 g/mol. The van der Waals surface area contributed by atoms with Crippen LogP contribution in [0.25, 0.3) is 11.3 Å². The maximum absolute atomic E-state index is 12.6. The molecule has 0 aliphatic carbocycles. The fraction of sp³-hybridized carbons (Fsp3) is 0.520. The van der Waals surface area contributed by atoms with Crippen LogP contribution in [0.5, 0.6) is 0 Å². The fourth-order valence-electron chi connectivity index (χ4n) is 3.83. The maximum Gasteiger partial charge on any atom is 0.330 e. The molecule has 0 radical (unpaired) electrons. The summed E-state index contributed by atoms with van der Waals surface area (Å²) in [5.74, 6) is 0. The van der Waals surface area contributed by atoms with E-state index >= 15 is 0 Å². The van der Waals surface area contributed by atoms with Crippen molar-refractivity contribution in [2.45, 2.75) is 77.5 Å². The van der Waals surface area contributed by atoms with Crippen LogP contribution in [-0.2, 0) is 9.16 Å². The number of benzene rings is 1. The minimum Gasteiger partial charge on any atom is -0.414 e. The Kier molecular flexibility index (Phi) is 6.37. The fourth-order valence-corrected chi connectivity index (χ4v) is 4.84. The zero-order chi connectivity index (χ0) is 26.4. The molecule has 35 heavy (non-hydrogen) atoms. The van der Waals surface area contributed by atoms with E-state index in [0.29, 0.717) is 24.3 Å². The first-order valence-corrected chi connectivity index (χ1v) is 14.8. The van der Waals surface area contributed by atoms with Crippen molar-refractivity contribution in [1.82, 2.24) is 24.5 Å². The molecule has 0 bridgehead atoms. The number of ether oxygens (including phenoxy) is 1. The van der Waals surface area contributed by atoms with Gasteiger partial charge in [-0.15, -0.1) is 5.10 Å². The number of H-pyrrole nitrogens is 1. The summed E-state index contributed by atoms with van der Waals surface area (Å²) >= 11 is 0. The zero-order valence-corrected chi connectivity index (χ0v) is 22.5. The predicted octanol–water partition coefficient (Wildman–Crippen LogP) is 3.96. The molecule has 1 aliphatic heterocycles. The summed E-state index contributed by atoms with van der Waals surface area (Å²) in [7, 11) is -2.09. The summed E-state index contributed by atoms with van der Waals surface area (Å²) in [5, 5.41) is 8.65. The molecule has 1 fully saturated rings. The zero-order valence-electron chi connectivity index (χ0n) is 22.5. The highest BCUT2D eigenvalue weighted by Crippen LogP contribution is 2.40. The number of hydrogen-bond acceptors (Lipinski definition) is 6. The van der Waals surface area contributed by atoms with Crippen molar-refractivity contribution in [2.24, 2.45) is 0 Å². The van der Waals surface area contributed by atoms with E-state index in [0.717, 1.165) is 11.1 Å². The number of aromatic nitrogens is 5. The Bertz CT molecular complexity index is 1360. The number of aryl methyl sites for hydroxylation is 2. The van der Waals surface area contributed by atoms with E-state index in [-0.39, 0.29) is 17.3 Å². The van der Waals surface area contributed by atoms with Crippen LogP contribution in [0.1, 0.15) is 52.0 Å². The minimum atomic E-state index is -2.09. The van der Waals surface area contributed by atoms with Gasteiger partial charge in [-0.1, -0.05) is 55.8 Å². The van der Waals surface area contributed by atoms with Crippen LogP contribution >= 0.6 is 0 Å². The van der Waals surface area contributed by atoms with Crippen LogP contribution in [0.4, 0.5) is 0 Å². The van der Waals surface area contributed by atoms with E-state index in [1.165, 1.54) is 10.8 Å². The molecule has 4 rings (SSSR count). The second-order valence-electron chi connectivity index (χ2n) is 10.8. The topological polar surface area (TPSA) is 104 Å². The standard InChI is InChI=1S/C25H35N5O4Si/c1-16-8-10-18(11-9-16)19-14-30(28-27-19)20-12-22(29-13-17(2)23(31)26-24(29)32)34-21(20)15-33-35(6,7)25(3,4)5/h8-11,13-14,20-22H,12,15H2,1-7H3,(H,26,31,32)/t20-,21+,22+/m0/s1/i14D. The predicted molar refractivity (Wildman–Crippen MR) is 137 cm³/mol. The number of nitrogens with zero attached hydrogens (tertiary/aromatic N) is 4. The first-order chi connectivity index (χ1) is 16.8. The highest BCUT2D eigenvalue weighted by atomic mass is 28.4. The van der Waals surface area contributed by atoms with Crippen molar-refractivity contribution in [3.63, 3.8) is 0 Å². The van der Waals surface area contributed by atoms with Gasteiger partial charge in [0, 0.05) is 23.7 Å². The van der Waals surface area contributed by atoms with Crippen molar-refractivity contribution < 1.29 is 10.5 Å². The van der Waals surface area contributed by atoms with Crippen molar-refractivity contribution in [2.75, 3.05) is 6.61 Å². The van der Waals surface area contributed by atoms with Gasteiger partial charge in [-0.25, -0.2) is 9.48 Å².